The molecule has 0 amide bonds. The molecule has 0 bridgehead atoms. The molecule has 0 spiro atoms. The van der Waals surface area contributed by atoms with Crippen molar-refractivity contribution < 1.29 is 17.9 Å². The number of ether oxygens (including phenoxy) is 1. The summed E-state index contributed by atoms with van der Waals surface area (Å²) in [4.78, 5) is 1.28. The van der Waals surface area contributed by atoms with Gasteiger partial charge < -0.3 is 9.64 Å². The molecule has 2 aromatic carbocycles. The Bertz CT molecular complexity index is 738. The zero-order chi connectivity index (χ0) is 16.8. The Morgan fingerprint density at radius 2 is 1.74 bits per heavy atom. The van der Waals surface area contributed by atoms with Gasteiger partial charge >= 0.3 is 6.18 Å². The van der Waals surface area contributed by atoms with E-state index in [1.165, 1.54) is 4.90 Å². The van der Waals surface area contributed by atoms with Crippen LogP contribution in [0.2, 0.25) is 0 Å². The molecule has 0 atom stereocenters. The third kappa shape index (κ3) is 3.14. The number of hydrogen-bond donors (Lipinski definition) is 0. The lowest BCUT2D eigenvalue weighted by molar-refractivity contribution is -0.118. The molecule has 0 N–H and O–H groups in total. The van der Waals surface area contributed by atoms with Gasteiger partial charge in [-0.1, -0.05) is 26.0 Å². The fourth-order valence-electron chi connectivity index (χ4n) is 2.72. The summed E-state index contributed by atoms with van der Waals surface area (Å²) in [7, 11) is 0. The maximum absolute atomic E-state index is 13.1. The number of hydrogen-bond acceptors (Lipinski definition) is 2. The van der Waals surface area contributed by atoms with E-state index in [4.69, 9.17) is 4.74 Å². The number of halogens is 3. The Labute approximate surface area is 133 Å². The number of rotatable bonds is 2. The highest BCUT2D eigenvalue weighted by atomic mass is 19.4. The topological polar surface area (TPSA) is 12.5 Å². The number of fused-ring (bicyclic) bond motifs is 2. The third-order valence-corrected chi connectivity index (χ3v) is 3.90. The van der Waals surface area contributed by atoms with Gasteiger partial charge in [0.15, 0.2) is 11.5 Å². The minimum atomic E-state index is -4.30. The normalized spacial score (nSPS) is 13.6. The summed E-state index contributed by atoms with van der Waals surface area (Å²) in [6, 6.07) is 10.7. The first-order valence-electron chi connectivity index (χ1n) is 7.51. The second kappa shape index (κ2) is 5.48. The fourth-order valence-corrected chi connectivity index (χ4v) is 2.72. The molecule has 0 saturated heterocycles. The summed E-state index contributed by atoms with van der Waals surface area (Å²) in [6.07, 6.45) is -4.30. The fraction of sp³-hybridized carbons (Fsp3) is 0.333. The van der Waals surface area contributed by atoms with Gasteiger partial charge in [0.2, 0.25) is 0 Å². The van der Waals surface area contributed by atoms with Gasteiger partial charge in [0, 0.05) is 0 Å². The van der Waals surface area contributed by atoms with Gasteiger partial charge in [0.05, 0.1) is 11.4 Å². The van der Waals surface area contributed by atoms with Gasteiger partial charge in [0.1, 0.15) is 6.54 Å². The van der Waals surface area contributed by atoms with Gasteiger partial charge in [-0.15, -0.1) is 0 Å². The van der Waals surface area contributed by atoms with Crippen LogP contribution < -0.4 is 9.64 Å². The number of anilines is 2. The molecule has 1 heterocycles. The summed E-state index contributed by atoms with van der Waals surface area (Å²) in [5, 5.41) is 0. The maximum atomic E-state index is 13.1. The SMILES string of the molecule is Cc1ccc2c(c1)N(CC(F)(F)F)c1ccc(C(C)C)cc1O2. The van der Waals surface area contributed by atoms with Crippen molar-refractivity contribution in [2.24, 2.45) is 0 Å². The first-order chi connectivity index (χ1) is 10.7. The minimum Gasteiger partial charge on any atom is -0.453 e. The van der Waals surface area contributed by atoms with Crippen molar-refractivity contribution in [2.75, 3.05) is 11.4 Å². The molecule has 0 fully saturated rings. The Morgan fingerprint density at radius 3 is 2.39 bits per heavy atom. The Hall–Kier alpha value is -2.17. The van der Waals surface area contributed by atoms with Crippen molar-refractivity contribution in [3.63, 3.8) is 0 Å². The predicted octanol–water partition coefficient (Wildman–Crippen LogP) is 5.92. The Morgan fingerprint density at radius 1 is 1.00 bits per heavy atom. The molecule has 0 saturated carbocycles. The first-order valence-corrected chi connectivity index (χ1v) is 7.51. The summed E-state index contributed by atoms with van der Waals surface area (Å²) in [5.74, 6) is 1.20. The average Bonchev–Trinajstić information content (AvgIpc) is 2.45. The molecule has 0 unspecified atom stereocenters. The first kappa shape index (κ1) is 15.7. The van der Waals surface area contributed by atoms with Crippen LogP contribution in [0.3, 0.4) is 0 Å². The molecule has 5 heteroatoms. The monoisotopic (exact) mass is 321 g/mol. The lowest BCUT2D eigenvalue weighted by Crippen LogP contribution is -2.32. The second-order valence-corrected chi connectivity index (χ2v) is 6.16. The van der Waals surface area contributed by atoms with Crippen LogP contribution in [0.4, 0.5) is 24.5 Å². The van der Waals surface area contributed by atoms with E-state index in [-0.39, 0.29) is 5.92 Å². The van der Waals surface area contributed by atoms with Crippen LogP contribution in [-0.2, 0) is 0 Å². The molecule has 0 aliphatic carbocycles. The highest BCUT2D eigenvalue weighted by Gasteiger charge is 2.35. The van der Waals surface area contributed by atoms with E-state index in [0.29, 0.717) is 22.9 Å². The van der Waals surface area contributed by atoms with E-state index in [0.717, 1.165) is 11.1 Å². The maximum Gasteiger partial charge on any atom is 0.406 e. The van der Waals surface area contributed by atoms with Crippen LogP contribution in [0, 0.1) is 6.92 Å². The van der Waals surface area contributed by atoms with E-state index >= 15 is 0 Å². The summed E-state index contributed by atoms with van der Waals surface area (Å²) in [5.41, 5.74) is 2.82. The molecule has 0 radical (unpaired) electrons. The van der Waals surface area contributed by atoms with E-state index < -0.39 is 12.7 Å². The van der Waals surface area contributed by atoms with E-state index in [2.05, 4.69) is 0 Å². The van der Waals surface area contributed by atoms with Gasteiger partial charge in [-0.2, -0.15) is 13.2 Å². The highest BCUT2D eigenvalue weighted by molar-refractivity contribution is 5.78. The molecule has 1 aliphatic rings. The zero-order valence-corrected chi connectivity index (χ0v) is 13.2. The average molecular weight is 321 g/mol. The number of nitrogens with zero attached hydrogens (tertiary/aromatic N) is 1. The number of benzene rings is 2. The molecular weight excluding hydrogens is 303 g/mol. The van der Waals surface area contributed by atoms with Crippen LogP contribution in [0.5, 0.6) is 11.5 Å². The van der Waals surface area contributed by atoms with Crippen molar-refractivity contribution in [3.05, 3.63) is 47.5 Å². The third-order valence-electron chi connectivity index (χ3n) is 3.90. The van der Waals surface area contributed by atoms with Crippen molar-refractivity contribution in [1.82, 2.24) is 0 Å². The summed E-state index contributed by atoms with van der Waals surface area (Å²) >= 11 is 0. The van der Waals surface area contributed by atoms with Crippen LogP contribution >= 0.6 is 0 Å². The molecule has 0 aromatic heterocycles. The zero-order valence-electron chi connectivity index (χ0n) is 13.2. The van der Waals surface area contributed by atoms with Crippen molar-refractivity contribution >= 4 is 11.4 Å². The van der Waals surface area contributed by atoms with Crippen LogP contribution in [0.15, 0.2) is 36.4 Å². The van der Waals surface area contributed by atoms with Crippen LogP contribution in [0.25, 0.3) is 0 Å². The highest BCUT2D eigenvalue weighted by Crippen LogP contribution is 2.48. The van der Waals surface area contributed by atoms with Crippen molar-refractivity contribution in [2.45, 2.75) is 32.9 Å². The van der Waals surface area contributed by atoms with Crippen molar-refractivity contribution in [3.8, 4) is 11.5 Å². The van der Waals surface area contributed by atoms with Gasteiger partial charge in [-0.25, -0.2) is 0 Å². The molecule has 2 nitrogen and oxygen atoms in total. The predicted molar refractivity (Wildman–Crippen MR) is 84.8 cm³/mol. The standard InChI is InChI=1S/C18H18F3NO/c1-11(2)13-5-6-14-17(9-13)23-16-7-4-12(3)8-15(16)22(14)10-18(19,20)21/h4-9,11H,10H2,1-3H3. The molecule has 2 aromatic rings. The largest absolute Gasteiger partial charge is 0.453 e. The molecule has 1 aliphatic heterocycles. The summed E-state index contributed by atoms with van der Waals surface area (Å²) < 4.78 is 45.0. The minimum absolute atomic E-state index is 0.277. The Kier molecular flexibility index (Phi) is 3.74. The van der Waals surface area contributed by atoms with E-state index in [1.54, 1.807) is 18.2 Å². The quantitative estimate of drug-likeness (QED) is 0.680. The Balaban J connectivity index is 2.12. The number of aryl methyl sites for hydroxylation is 1. The van der Waals surface area contributed by atoms with Gasteiger partial charge in [-0.3, -0.25) is 0 Å². The second-order valence-electron chi connectivity index (χ2n) is 6.16. The van der Waals surface area contributed by atoms with E-state index in [1.807, 2.05) is 39.0 Å². The number of alkyl halides is 3. The van der Waals surface area contributed by atoms with Crippen LogP contribution in [-0.4, -0.2) is 12.7 Å². The molecule has 3 rings (SSSR count). The lowest BCUT2D eigenvalue weighted by Gasteiger charge is -2.34. The molecule has 23 heavy (non-hydrogen) atoms. The van der Waals surface area contributed by atoms with Gasteiger partial charge in [0.25, 0.3) is 0 Å². The molecule has 122 valence electrons. The summed E-state index contributed by atoms with van der Waals surface area (Å²) in [6.45, 7) is 4.88. The van der Waals surface area contributed by atoms with Crippen molar-refractivity contribution in [1.29, 1.82) is 0 Å². The smallest absolute Gasteiger partial charge is 0.406 e. The van der Waals surface area contributed by atoms with Crippen LogP contribution in [0.1, 0.15) is 30.9 Å². The molecular formula is C18H18F3NO. The lowest BCUT2D eigenvalue weighted by atomic mass is 10.0. The van der Waals surface area contributed by atoms with Gasteiger partial charge in [-0.05, 0) is 48.2 Å². The van der Waals surface area contributed by atoms with E-state index in [9.17, 15) is 13.2 Å².